The molecule has 1 fully saturated rings. The van der Waals surface area contributed by atoms with Gasteiger partial charge in [-0.05, 0) is 35.4 Å². The highest BCUT2D eigenvalue weighted by Gasteiger charge is 2.42. The third-order valence-corrected chi connectivity index (χ3v) is 13.9. The molecule has 0 spiro atoms. The average molecular weight is 460 g/mol. The first kappa shape index (κ1) is 23.7. The number of rotatable bonds is 5. The molecular formula is C23H33N3O3SSi. The van der Waals surface area contributed by atoms with Crippen LogP contribution in [0, 0.1) is 11.5 Å². The Balaban J connectivity index is 2.40. The minimum atomic E-state index is -3.59. The van der Waals surface area contributed by atoms with E-state index in [2.05, 4.69) is 63.0 Å². The van der Waals surface area contributed by atoms with E-state index in [1.54, 1.807) is 7.05 Å². The molecule has 1 aliphatic carbocycles. The third-order valence-electron chi connectivity index (χ3n) is 6.73. The second-order valence-corrected chi connectivity index (χ2v) is 17.2. The van der Waals surface area contributed by atoms with Gasteiger partial charge in [0.2, 0.25) is 15.0 Å². The molecule has 3 rings (SSSR count). The largest absolute Gasteiger partial charge is 0.295 e. The molecule has 2 heterocycles. The molecule has 0 bridgehead atoms. The van der Waals surface area contributed by atoms with Crippen LogP contribution in [0.3, 0.4) is 0 Å². The zero-order valence-electron chi connectivity index (χ0n) is 19.8. The Labute approximate surface area is 186 Å². The maximum Gasteiger partial charge on any atom is 0.256 e. The van der Waals surface area contributed by atoms with Gasteiger partial charge >= 0.3 is 0 Å². The standard InChI is InChI=1S/C23H33N3O3SSi/c1-14(2)31(15(3)4,16(5)6)12-11-18-19-13-24-23(30(8,28)29)25-21(19)26(7)22(27)20(18)17-9-10-17/h13-17H,9-10H2,1-8H3. The number of pyridine rings is 1. The van der Waals surface area contributed by atoms with E-state index in [1.807, 2.05) is 0 Å². The van der Waals surface area contributed by atoms with Crippen LogP contribution in [0.1, 0.15) is 71.4 Å². The van der Waals surface area contributed by atoms with Crippen molar-refractivity contribution >= 4 is 28.9 Å². The van der Waals surface area contributed by atoms with E-state index in [4.69, 9.17) is 0 Å². The Hall–Kier alpha value is -1.98. The highest BCUT2D eigenvalue weighted by Crippen LogP contribution is 2.43. The molecular weight excluding hydrogens is 426 g/mol. The number of hydrogen-bond acceptors (Lipinski definition) is 5. The lowest BCUT2D eigenvalue weighted by atomic mass is 10.0. The van der Waals surface area contributed by atoms with Gasteiger partial charge in [-0.15, -0.1) is 5.54 Å². The van der Waals surface area contributed by atoms with E-state index < -0.39 is 17.9 Å². The molecule has 0 N–H and O–H groups in total. The lowest BCUT2D eigenvalue weighted by Gasteiger charge is -2.38. The Bertz CT molecular complexity index is 1230. The van der Waals surface area contributed by atoms with Gasteiger partial charge in [0, 0.05) is 30.6 Å². The van der Waals surface area contributed by atoms with E-state index in [1.165, 1.54) is 10.8 Å². The SMILES string of the molecule is CC(C)[Si](C#Cc1c(C2CC2)c(=O)n(C)c2nc(S(C)(=O)=O)ncc12)(C(C)C)C(C)C. The molecule has 0 radical (unpaired) electrons. The summed E-state index contributed by atoms with van der Waals surface area (Å²) in [5.41, 5.74) is 6.74. The van der Waals surface area contributed by atoms with Crippen LogP contribution in [0.15, 0.2) is 16.1 Å². The zero-order chi connectivity index (χ0) is 23.3. The van der Waals surface area contributed by atoms with Gasteiger partial charge < -0.3 is 0 Å². The Kier molecular flexibility index (Phi) is 6.24. The van der Waals surface area contributed by atoms with E-state index in [0.29, 0.717) is 33.2 Å². The summed E-state index contributed by atoms with van der Waals surface area (Å²) in [5, 5.41) is 0.381. The third kappa shape index (κ3) is 4.10. The van der Waals surface area contributed by atoms with E-state index in [9.17, 15) is 13.2 Å². The molecule has 0 aliphatic heterocycles. The number of aryl methyl sites for hydroxylation is 1. The van der Waals surface area contributed by atoms with E-state index in [-0.39, 0.29) is 16.6 Å². The molecule has 1 saturated carbocycles. The predicted molar refractivity (Wildman–Crippen MR) is 128 cm³/mol. The molecule has 0 atom stereocenters. The Morgan fingerprint density at radius 2 is 1.65 bits per heavy atom. The predicted octanol–water partition coefficient (Wildman–Crippen LogP) is 4.18. The average Bonchev–Trinajstić information content (AvgIpc) is 3.48. The lowest BCUT2D eigenvalue weighted by Crippen LogP contribution is -2.43. The van der Waals surface area contributed by atoms with Crippen molar-refractivity contribution in [3.8, 4) is 11.5 Å². The first-order valence-electron chi connectivity index (χ1n) is 10.9. The maximum atomic E-state index is 13.3. The summed E-state index contributed by atoms with van der Waals surface area (Å²) in [4.78, 5) is 21.6. The van der Waals surface area contributed by atoms with Crippen LogP contribution in [0.5, 0.6) is 0 Å². The van der Waals surface area contributed by atoms with Crippen LogP contribution in [0.25, 0.3) is 11.0 Å². The normalized spacial score (nSPS) is 15.1. The minimum absolute atomic E-state index is 0.136. The summed E-state index contributed by atoms with van der Waals surface area (Å²) in [6, 6.07) is 0. The molecule has 168 valence electrons. The Morgan fingerprint density at radius 1 is 1.10 bits per heavy atom. The molecule has 2 aromatic rings. The van der Waals surface area contributed by atoms with Crippen LogP contribution in [-0.4, -0.2) is 37.3 Å². The minimum Gasteiger partial charge on any atom is -0.295 e. The highest BCUT2D eigenvalue weighted by molar-refractivity contribution is 7.90. The topological polar surface area (TPSA) is 81.9 Å². The van der Waals surface area contributed by atoms with Crippen LogP contribution >= 0.6 is 0 Å². The molecule has 0 saturated heterocycles. The summed E-state index contributed by atoms with van der Waals surface area (Å²) >= 11 is 0. The fraction of sp³-hybridized carbons (Fsp3) is 0.609. The van der Waals surface area contributed by atoms with Gasteiger partial charge in [-0.25, -0.2) is 13.4 Å². The van der Waals surface area contributed by atoms with Crippen LogP contribution in [-0.2, 0) is 16.9 Å². The first-order chi connectivity index (χ1) is 14.3. The number of hydrogen-bond donors (Lipinski definition) is 0. The maximum absolute atomic E-state index is 13.3. The van der Waals surface area contributed by atoms with Crippen molar-refractivity contribution in [3.63, 3.8) is 0 Å². The quantitative estimate of drug-likeness (QED) is 0.381. The number of aromatic nitrogens is 3. The molecule has 1 aliphatic rings. The summed E-state index contributed by atoms with van der Waals surface area (Å²) in [7, 11) is -3.96. The second-order valence-electron chi connectivity index (χ2n) is 9.74. The fourth-order valence-electron chi connectivity index (χ4n) is 4.99. The van der Waals surface area contributed by atoms with Crippen molar-refractivity contribution in [1.29, 1.82) is 0 Å². The molecule has 0 aromatic carbocycles. The van der Waals surface area contributed by atoms with Gasteiger partial charge in [-0.3, -0.25) is 9.36 Å². The van der Waals surface area contributed by atoms with Crippen molar-refractivity contribution in [2.75, 3.05) is 6.26 Å². The van der Waals surface area contributed by atoms with Gasteiger partial charge in [0.15, 0.2) is 0 Å². The summed E-state index contributed by atoms with van der Waals surface area (Å²) in [6.45, 7) is 13.5. The summed E-state index contributed by atoms with van der Waals surface area (Å²) in [5.74, 6) is 3.66. The second kappa shape index (κ2) is 8.17. The van der Waals surface area contributed by atoms with Gasteiger partial charge in [0.25, 0.3) is 5.56 Å². The highest BCUT2D eigenvalue weighted by atomic mass is 32.2. The fourth-order valence-corrected chi connectivity index (χ4v) is 10.7. The van der Waals surface area contributed by atoms with Crippen molar-refractivity contribution in [2.24, 2.45) is 7.05 Å². The van der Waals surface area contributed by atoms with Crippen molar-refractivity contribution in [2.45, 2.75) is 82.1 Å². The number of fused-ring (bicyclic) bond motifs is 1. The summed E-state index contributed by atoms with van der Waals surface area (Å²) in [6.07, 6.45) is 4.54. The van der Waals surface area contributed by atoms with Gasteiger partial charge in [0.1, 0.15) is 13.7 Å². The van der Waals surface area contributed by atoms with Crippen LogP contribution in [0.2, 0.25) is 16.6 Å². The van der Waals surface area contributed by atoms with Gasteiger partial charge in [-0.2, -0.15) is 4.98 Å². The molecule has 0 unspecified atom stereocenters. The van der Waals surface area contributed by atoms with Crippen molar-refractivity contribution < 1.29 is 8.42 Å². The van der Waals surface area contributed by atoms with Crippen molar-refractivity contribution in [1.82, 2.24) is 14.5 Å². The summed E-state index contributed by atoms with van der Waals surface area (Å²) < 4.78 is 25.4. The molecule has 31 heavy (non-hydrogen) atoms. The monoisotopic (exact) mass is 459 g/mol. The van der Waals surface area contributed by atoms with Gasteiger partial charge in [-0.1, -0.05) is 47.5 Å². The zero-order valence-corrected chi connectivity index (χ0v) is 21.6. The lowest BCUT2D eigenvalue weighted by molar-refractivity contribution is 0.593. The van der Waals surface area contributed by atoms with Crippen LogP contribution < -0.4 is 5.56 Å². The molecule has 8 heteroatoms. The molecule has 0 amide bonds. The van der Waals surface area contributed by atoms with Crippen molar-refractivity contribution in [3.05, 3.63) is 27.7 Å². The number of nitrogens with zero attached hydrogens (tertiary/aromatic N) is 3. The first-order valence-corrected chi connectivity index (χ1v) is 15.1. The molecule has 6 nitrogen and oxygen atoms in total. The van der Waals surface area contributed by atoms with E-state index >= 15 is 0 Å². The smallest absolute Gasteiger partial charge is 0.256 e. The number of sulfone groups is 1. The van der Waals surface area contributed by atoms with E-state index in [0.717, 1.165) is 24.7 Å². The van der Waals surface area contributed by atoms with Crippen LogP contribution in [0.4, 0.5) is 0 Å². The molecule has 2 aromatic heterocycles. The Morgan fingerprint density at radius 3 is 2.10 bits per heavy atom. The van der Waals surface area contributed by atoms with Gasteiger partial charge in [0.05, 0.1) is 5.39 Å².